The van der Waals surface area contributed by atoms with Crippen LogP contribution < -0.4 is 15.0 Å². The second-order valence-electron chi connectivity index (χ2n) is 10.1. The minimum Gasteiger partial charge on any atom is -0.497 e. The number of allylic oxidation sites excluding steroid dienone is 1. The average molecular weight is 476 g/mol. The molecule has 1 aromatic heterocycles. The highest BCUT2D eigenvalue weighted by molar-refractivity contribution is 5.94. The SMILES string of the molecule is C=C(Nc1cc2ccccc2c(N2CCC(c3ccccc3)CC2)n1)C1(c2ccc(OC)cc2)CC1. The molecular weight excluding hydrogens is 442 g/mol. The maximum atomic E-state index is 5.35. The summed E-state index contributed by atoms with van der Waals surface area (Å²) in [7, 11) is 1.70. The van der Waals surface area contributed by atoms with Gasteiger partial charge in [-0.1, -0.05) is 73.3 Å². The lowest BCUT2D eigenvalue weighted by Gasteiger charge is -2.34. The van der Waals surface area contributed by atoms with E-state index in [0.717, 1.165) is 61.9 Å². The van der Waals surface area contributed by atoms with Crippen LogP contribution in [0.2, 0.25) is 0 Å². The predicted molar refractivity (Wildman–Crippen MR) is 149 cm³/mol. The van der Waals surface area contributed by atoms with Gasteiger partial charge in [0.15, 0.2) is 0 Å². The van der Waals surface area contributed by atoms with Crippen molar-refractivity contribution in [1.82, 2.24) is 4.98 Å². The molecule has 1 aliphatic carbocycles. The molecule has 6 rings (SSSR count). The summed E-state index contributed by atoms with van der Waals surface area (Å²) >= 11 is 0. The molecule has 36 heavy (non-hydrogen) atoms. The van der Waals surface area contributed by atoms with Crippen LogP contribution in [0.3, 0.4) is 0 Å². The van der Waals surface area contributed by atoms with Crippen LogP contribution in [0, 0.1) is 0 Å². The molecule has 0 bridgehead atoms. The zero-order chi connectivity index (χ0) is 24.5. The van der Waals surface area contributed by atoms with Crippen molar-refractivity contribution >= 4 is 22.4 Å². The van der Waals surface area contributed by atoms with Gasteiger partial charge in [-0.25, -0.2) is 4.98 Å². The van der Waals surface area contributed by atoms with Crippen molar-refractivity contribution in [3.8, 4) is 5.75 Å². The second kappa shape index (κ2) is 9.34. The summed E-state index contributed by atoms with van der Waals surface area (Å²) in [6, 6.07) is 30.1. The van der Waals surface area contributed by atoms with Crippen molar-refractivity contribution in [1.29, 1.82) is 0 Å². The van der Waals surface area contributed by atoms with Crippen LogP contribution in [0.5, 0.6) is 5.75 Å². The molecular formula is C32H33N3O. The van der Waals surface area contributed by atoms with E-state index in [0.29, 0.717) is 5.92 Å². The summed E-state index contributed by atoms with van der Waals surface area (Å²) in [6.07, 6.45) is 4.48. The molecule has 3 aromatic carbocycles. The van der Waals surface area contributed by atoms with Gasteiger partial charge >= 0.3 is 0 Å². The van der Waals surface area contributed by atoms with Gasteiger partial charge in [0.25, 0.3) is 0 Å². The highest BCUT2D eigenvalue weighted by Crippen LogP contribution is 2.53. The molecule has 4 heteroatoms. The number of pyridine rings is 1. The van der Waals surface area contributed by atoms with Gasteiger partial charge in [-0.05, 0) is 66.3 Å². The Labute approximate surface area is 213 Å². The van der Waals surface area contributed by atoms with Gasteiger partial charge in [0.1, 0.15) is 17.4 Å². The van der Waals surface area contributed by atoms with E-state index in [1.165, 1.54) is 21.9 Å². The number of rotatable bonds is 7. The number of benzene rings is 3. The molecule has 2 fully saturated rings. The van der Waals surface area contributed by atoms with Crippen molar-refractivity contribution in [2.45, 2.75) is 37.0 Å². The number of aromatic nitrogens is 1. The van der Waals surface area contributed by atoms with Gasteiger partial charge < -0.3 is 15.0 Å². The molecule has 4 nitrogen and oxygen atoms in total. The number of hydrogen-bond donors (Lipinski definition) is 1. The fraction of sp³-hybridized carbons (Fsp3) is 0.281. The molecule has 2 heterocycles. The van der Waals surface area contributed by atoms with Crippen molar-refractivity contribution < 1.29 is 4.74 Å². The molecule has 1 saturated carbocycles. The summed E-state index contributed by atoms with van der Waals surface area (Å²) in [5, 5.41) is 6.03. The number of fused-ring (bicyclic) bond motifs is 1. The Hall–Kier alpha value is -3.79. The Morgan fingerprint density at radius 1 is 0.944 bits per heavy atom. The number of anilines is 2. The molecule has 0 radical (unpaired) electrons. The smallest absolute Gasteiger partial charge is 0.138 e. The Morgan fingerprint density at radius 2 is 1.64 bits per heavy atom. The normalized spacial score (nSPS) is 17.1. The largest absolute Gasteiger partial charge is 0.497 e. The maximum Gasteiger partial charge on any atom is 0.138 e. The molecule has 2 aliphatic rings. The second-order valence-corrected chi connectivity index (χ2v) is 10.1. The fourth-order valence-corrected chi connectivity index (χ4v) is 5.71. The molecule has 1 saturated heterocycles. The lowest BCUT2D eigenvalue weighted by molar-refractivity contribution is 0.414. The van der Waals surface area contributed by atoms with Gasteiger partial charge in [-0.2, -0.15) is 0 Å². The number of hydrogen-bond acceptors (Lipinski definition) is 4. The maximum absolute atomic E-state index is 5.35. The topological polar surface area (TPSA) is 37.4 Å². The summed E-state index contributed by atoms with van der Waals surface area (Å²) < 4.78 is 5.35. The van der Waals surface area contributed by atoms with Crippen molar-refractivity contribution in [2.24, 2.45) is 0 Å². The third-order valence-corrected chi connectivity index (χ3v) is 8.03. The number of ether oxygens (including phenoxy) is 1. The molecule has 0 amide bonds. The van der Waals surface area contributed by atoms with E-state index < -0.39 is 0 Å². The predicted octanol–water partition coefficient (Wildman–Crippen LogP) is 7.28. The summed E-state index contributed by atoms with van der Waals surface area (Å²) in [6.45, 7) is 6.49. The highest BCUT2D eigenvalue weighted by Gasteiger charge is 2.47. The van der Waals surface area contributed by atoms with E-state index in [2.05, 4.69) is 89.6 Å². The van der Waals surface area contributed by atoms with Crippen molar-refractivity contribution in [3.63, 3.8) is 0 Å². The van der Waals surface area contributed by atoms with Gasteiger partial charge in [-0.3, -0.25) is 0 Å². The van der Waals surface area contributed by atoms with Crippen LogP contribution in [0.15, 0.2) is 97.2 Å². The van der Waals surface area contributed by atoms with Crippen LogP contribution >= 0.6 is 0 Å². The zero-order valence-electron chi connectivity index (χ0n) is 20.9. The molecule has 1 aliphatic heterocycles. The lowest BCUT2D eigenvalue weighted by atomic mass is 9.89. The quantitative estimate of drug-likeness (QED) is 0.305. The first-order chi connectivity index (χ1) is 17.7. The van der Waals surface area contributed by atoms with Crippen LogP contribution in [0.4, 0.5) is 11.6 Å². The van der Waals surface area contributed by atoms with Gasteiger partial charge in [0, 0.05) is 29.6 Å². The minimum absolute atomic E-state index is 0.0339. The number of nitrogens with zero attached hydrogens (tertiary/aromatic N) is 2. The van der Waals surface area contributed by atoms with E-state index >= 15 is 0 Å². The number of methoxy groups -OCH3 is 1. The van der Waals surface area contributed by atoms with E-state index in [9.17, 15) is 0 Å². The average Bonchev–Trinajstić information content (AvgIpc) is 3.76. The first kappa shape index (κ1) is 22.7. The standard InChI is InChI=1S/C32H33N3O/c1-23(32(18-19-32)27-12-14-28(36-2)15-13-27)33-30-22-26-10-6-7-11-29(26)31(34-30)35-20-16-25(17-21-35)24-8-4-3-5-9-24/h3-15,22,25H,1,16-21H2,2H3,(H,33,34). The van der Waals surface area contributed by atoms with E-state index in [1.807, 2.05) is 12.1 Å². The fourth-order valence-electron chi connectivity index (χ4n) is 5.71. The van der Waals surface area contributed by atoms with E-state index in [4.69, 9.17) is 9.72 Å². The first-order valence-corrected chi connectivity index (χ1v) is 13.0. The molecule has 0 spiro atoms. The molecule has 1 N–H and O–H groups in total. The number of nitrogens with one attached hydrogen (secondary N) is 1. The molecule has 4 aromatic rings. The van der Waals surface area contributed by atoms with Gasteiger partial charge in [0.2, 0.25) is 0 Å². The molecule has 182 valence electrons. The first-order valence-electron chi connectivity index (χ1n) is 13.0. The van der Waals surface area contributed by atoms with Gasteiger partial charge in [-0.15, -0.1) is 0 Å². The zero-order valence-corrected chi connectivity index (χ0v) is 20.9. The monoisotopic (exact) mass is 475 g/mol. The van der Waals surface area contributed by atoms with Crippen LogP contribution in [0.1, 0.15) is 42.7 Å². The summed E-state index contributed by atoms with van der Waals surface area (Å²) in [4.78, 5) is 7.62. The van der Waals surface area contributed by atoms with E-state index in [1.54, 1.807) is 7.11 Å². The van der Waals surface area contributed by atoms with Crippen LogP contribution in [0.25, 0.3) is 10.8 Å². The number of piperidine rings is 1. The Kier molecular flexibility index (Phi) is 5.88. The molecule has 0 atom stereocenters. The third kappa shape index (κ3) is 4.21. The van der Waals surface area contributed by atoms with Crippen LogP contribution in [-0.4, -0.2) is 25.2 Å². The summed E-state index contributed by atoms with van der Waals surface area (Å²) in [5.74, 6) is 3.45. The molecule has 0 unspecified atom stereocenters. The summed E-state index contributed by atoms with van der Waals surface area (Å²) in [5.41, 5.74) is 3.72. The highest BCUT2D eigenvalue weighted by atomic mass is 16.5. The van der Waals surface area contributed by atoms with Gasteiger partial charge in [0.05, 0.1) is 7.11 Å². The van der Waals surface area contributed by atoms with E-state index in [-0.39, 0.29) is 5.41 Å². The van der Waals surface area contributed by atoms with Crippen molar-refractivity contribution in [2.75, 3.05) is 30.4 Å². The Balaban J connectivity index is 1.25. The Morgan fingerprint density at radius 3 is 2.33 bits per heavy atom. The third-order valence-electron chi connectivity index (χ3n) is 8.03. The van der Waals surface area contributed by atoms with Crippen LogP contribution in [-0.2, 0) is 5.41 Å². The minimum atomic E-state index is -0.0339. The van der Waals surface area contributed by atoms with Crippen molar-refractivity contribution in [3.05, 3.63) is 108 Å². The lowest BCUT2D eigenvalue weighted by Crippen LogP contribution is -2.33. The Bertz CT molecular complexity index is 1370.